The van der Waals surface area contributed by atoms with Gasteiger partial charge in [0, 0.05) is 168 Å². The number of ether oxygens (including phenoxy) is 5. The Morgan fingerprint density at radius 3 is 1.25 bits per heavy atom. The zero-order valence-corrected chi connectivity index (χ0v) is 81.0. The second kappa shape index (κ2) is 47.7. The number of nitrogens with two attached hydrogens (primary N) is 2. The summed E-state index contributed by atoms with van der Waals surface area (Å²) in [6, 6.07) is 6.07. The predicted molar refractivity (Wildman–Crippen MR) is 481 cm³/mol. The third-order valence-corrected chi connectivity index (χ3v) is 26.8. The molecule has 6 fully saturated rings. The van der Waals surface area contributed by atoms with E-state index < -0.39 is 30.8 Å². The van der Waals surface area contributed by atoms with Crippen molar-refractivity contribution < 1.29 is 86.6 Å². The number of nitrogens with one attached hydrogen (secondary N) is 3. The number of hydrogen-bond donors (Lipinski definition) is 5. The van der Waals surface area contributed by atoms with Crippen molar-refractivity contribution >= 4 is 101 Å². The minimum Gasteiger partial charge on any atom is -0.775 e. The largest absolute Gasteiger partial charge is 1.00 e. The molecule has 9 aliphatic rings. The van der Waals surface area contributed by atoms with Gasteiger partial charge in [0.25, 0.3) is 0 Å². The number of fused-ring (bicyclic) bond motifs is 6. The summed E-state index contributed by atoms with van der Waals surface area (Å²) in [5.41, 5.74) is 21.9. The van der Waals surface area contributed by atoms with Crippen LogP contribution < -0.4 is 66.5 Å². The summed E-state index contributed by atoms with van der Waals surface area (Å²) in [5.74, 6) is 7.30. The first-order valence-corrected chi connectivity index (χ1v) is 45.4. The maximum absolute atomic E-state index is 12.6. The van der Waals surface area contributed by atoms with Crippen LogP contribution >= 0.6 is 35.1 Å². The number of carbonyl (C=O) groups excluding carboxylic acids is 3. The average Bonchev–Trinajstić information content (AvgIpc) is 1.78. The number of piperidine rings is 3. The normalized spacial score (nSPS) is 21.0. The van der Waals surface area contributed by atoms with Crippen molar-refractivity contribution in [3.8, 4) is 0 Å². The molecule has 134 heavy (non-hydrogen) atoms. The number of rotatable bonds is 16. The van der Waals surface area contributed by atoms with Crippen LogP contribution in [0.15, 0.2) is 195 Å². The number of halogens is 5. The number of pyridine rings is 3. The Kier molecular flexibility index (Phi) is 36.4. The summed E-state index contributed by atoms with van der Waals surface area (Å²) >= 11 is 14.7. The van der Waals surface area contributed by atoms with Gasteiger partial charge in [-0.25, -0.2) is 39.5 Å². The van der Waals surface area contributed by atoms with Crippen molar-refractivity contribution in [1.29, 1.82) is 5.53 Å². The van der Waals surface area contributed by atoms with Gasteiger partial charge in [-0.1, -0.05) is 40.3 Å². The van der Waals surface area contributed by atoms with E-state index in [2.05, 4.69) is 167 Å². The fraction of sp³-hybridized carbons (Fsp3) is 0.561. The Bertz CT molecular complexity index is 5710. The molecule has 712 valence electrons. The van der Waals surface area contributed by atoms with Crippen LogP contribution in [0.3, 0.4) is 0 Å². The van der Waals surface area contributed by atoms with Gasteiger partial charge < -0.3 is 73.2 Å². The number of amides is 2. The molecule has 43 nitrogen and oxygen atoms in total. The summed E-state index contributed by atoms with van der Waals surface area (Å²) in [6.07, 6.45) is 32.0. The van der Waals surface area contributed by atoms with Crippen molar-refractivity contribution in [2.75, 3.05) is 80.9 Å². The number of nitrogens with zero attached hydrogens (tertiary/aromatic N) is 30. The summed E-state index contributed by atoms with van der Waals surface area (Å²) < 4.78 is 81.9. The molecule has 0 aromatic carbocycles. The van der Waals surface area contributed by atoms with Gasteiger partial charge in [-0.05, 0) is 267 Å². The van der Waals surface area contributed by atoms with E-state index in [4.69, 9.17) is 80.3 Å². The van der Waals surface area contributed by atoms with E-state index in [1.165, 1.54) is 62.8 Å². The summed E-state index contributed by atoms with van der Waals surface area (Å²) in [4.78, 5) is 87.4. The standard InChI is InChI=1S/C28H36N6O3S.C23H28N6OS.C20H29N5O3S.C8H8ClN.C2HF3O.CH3F.H3N17.Na/c1-18-23(32-26(35)37-27(2,3)4)28(17-36-18)9-13-33(14-10-28)25-31-16-22(24-30-12-15-34(24)25)38-21-8-11-29-20-7-5-6-19(20)21;1-15-20(24)23(14-30-15)6-10-28(11-7-23)22-27-13-19(21-26-9-12-29(21)22)31-18-5-8-25-17-4-2-3-16(17)18;1-13-15(23-18(26)28-19(2,3)4)20(12-27-13)5-8-24(9-6-20)17-22-11-14(29)16-21-7-10-25(16)17;9-7-4-5-10-8-3-1-2-6(7)8;3-2(4,5)1-6;1-2;1-3-5-7-9-11-13-15-17-16-14-12-10-8-6-4-2;/h8,11-12,15-16,18,23H,5-7,9-10,13-14,17H2,1-4H3,(H,32,35);5,8-9,12-13,15,20H,2-4,6-7,10-11,14,24H2,1H3;7,10-11,13,15,29H,5-6,8-9,12H2,1-4H3,(H,23,26);4-5H,1-3H2;1H;1H3;(H3,1,2,5,6,9,10,13,14,17);/q;;;;;;;+1/p-1/t18-,23+;15-,20+;13-,15+;;;;;/m000...../s1/i;;;;;1D;;. The van der Waals surface area contributed by atoms with Crippen molar-refractivity contribution in [3.63, 3.8) is 0 Å². The molecule has 2 amide bonds. The molecule has 52 heteroatoms. The summed E-state index contributed by atoms with van der Waals surface area (Å²) in [5, 5.41) is 50.4. The van der Waals surface area contributed by atoms with Crippen LogP contribution in [0.25, 0.3) is 16.9 Å². The second-order valence-electron chi connectivity index (χ2n) is 34.5. The minimum atomic E-state index is -4.64. The molecule has 6 aliphatic heterocycles. The molecule has 0 radical (unpaired) electrons. The molecule has 9 aromatic heterocycles. The fourth-order valence-electron chi connectivity index (χ4n) is 17.7. The van der Waals surface area contributed by atoms with E-state index in [9.17, 15) is 27.2 Å². The first-order valence-electron chi connectivity index (χ1n) is 43.7. The Balaban J connectivity index is 0.000000165. The number of carbonyl (C=O) groups is 3. The number of alkyl halides is 4. The Hall–Kier alpha value is -10.7. The van der Waals surface area contributed by atoms with Crippen LogP contribution in [-0.4, -0.2) is 197 Å². The number of aldehydes is 1. The first kappa shape index (κ1) is 102. The Morgan fingerprint density at radius 1 is 0.530 bits per heavy atom. The van der Waals surface area contributed by atoms with Gasteiger partial charge in [0.2, 0.25) is 24.1 Å². The summed E-state index contributed by atoms with van der Waals surface area (Å²) in [7, 11) is -1.00. The van der Waals surface area contributed by atoms with Gasteiger partial charge in [0.05, 0.1) is 68.5 Å². The van der Waals surface area contributed by atoms with Gasteiger partial charge in [0.1, 0.15) is 16.8 Å². The molecule has 7 N–H and O–H groups in total. The third-order valence-electron chi connectivity index (χ3n) is 23.9. The molecule has 3 aliphatic carbocycles. The maximum atomic E-state index is 12.6. The Labute approximate surface area is 811 Å². The van der Waals surface area contributed by atoms with E-state index in [0.29, 0.717) is 18.1 Å². The molecular weight excluding hydrogens is 1830 g/mol. The smallest absolute Gasteiger partial charge is 0.775 e. The first-order chi connectivity index (χ1) is 64.3. The third kappa shape index (κ3) is 26.5. The number of hydrogen-bond acceptors (Lipinski definition) is 26. The Morgan fingerprint density at radius 2 is 0.873 bits per heavy atom. The summed E-state index contributed by atoms with van der Waals surface area (Å²) in [6.45, 7) is 24.6. The molecule has 9 aromatic rings. The average molecular weight is 1940 g/mol. The van der Waals surface area contributed by atoms with Crippen LogP contribution in [-0.2, 0) is 79.6 Å². The molecule has 0 unspecified atom stereocenters. The molecule has 0 saturated carbocycles. The van der Waals surface area contributed by atoms with Crippen LogP contribution in [0.4, 0.5) is 45.0 Å². The molecule has 6 atom stereocenters. The van der Waals surface area contributed by atoms with Gasteiger partial charge >= 0.3 is 47.9 Å². The number of anilines is 3. The van der Waals surface area contributed by atoms with Gasteiger partial charge in [-0.3, -0.25) is 37.3 Å². The van der Waals surface area contributed by atoms with E-state index >= 15 is 0 Å². The number of alkyl carbamates (subject to hydrolysis) is 2. The number of aryl methyl sites for hydroxylation is 3. The minimum absolute atomic E-state index is 0. The van der Waals surface area contributed by atoms with Crippen LogP contribution in [0.1, 0.15) is 155 Å². The van der Waals surface area contributed by atoms with Crippen molar-refractivity contribution in [3.05, 3.63) is 131 Å². The molecule has 15 heterocycles. The molecular formula is C82H107ClF4N35NaO8S3. The van der Waals surface area contributed by atoms with Gasteiger partial charge in [0.15, 0.2) is 11.3 Å². The van der Waals surface area contributed by atoms with Crippen LogP contribution in [0.5, 0.6) is 0 Å². The molecule has 18 rings (SSSR count). The number of imidazole rings is 3. The maximum Gasteiger partial charge on any atom is 1.00 e. The molecule has 3 spiro atoms. The van der Waals surface area contributed by atoms with E-state index in [-0.39, 0.29) is 94.4 Å². The van der Waals surface area contributed by atoms with Crippen LogP contribution in [0, 0.1) is 21.8 Å². The zero-order chi connectivity index (χ0) is 95.8. The second-order valence-corrected chi connectivity index (χ2v) is 37.5. The van der Waals surface area contributed by atoms with Gasteiger partial charge in [-0.2, -0.15) is 18.7 Å². The quantitative estimate of drug-likeness (QED) is 0.0114. The van der Waals surface area contributed by atoms with E-state index in [1.807, 2.05) is 122 Å². The molecule has 0 bridgehead atoms. The monoisotopic (exact) mass is 1940 g/mol. The number of aromatic nitrogens is 12. The van der Waals surface area contributed by atoms with E-state index in [0.717, 1.165) is 173 Å². The van der Waals surface area contributed by atoms with E-state index in [1.54, 1.807) is 42.1 Å². The molecule has 6 saturated heterocycles. The predicted octanol–water partition coefficient (Wildman–Crippen LogP) is 13.3. The topological polar surface area (TPSA) is 522 Å². The van der Waals surface area contributed by atoms with Crippen molar-refractivity contribution in [2.45, 2.75) is 237 Å². The fourth-order valence-corrected chi connectivity index (χ4v) is 20.2. The van der Waals surface area contributed by atoms with Crippen molar-refractivity contribution in [2.24, 2.45) is 106 Å². The zero-order valence-electron chi connectivity index (χ0n) is 76.8. The van der Waals surface area contributed by atoms with Crippen molar-refractivity contribution in [1.82, 2.24) is 68.7 Å². The SMILES string of the molecule is C[C@@H]1OCC2(CCN(c3ncc(Sc4ccnc5c4CCC5)c4nccn34)CC2)[C@@H]1N.C[C@@H]1OCC2(CCN(c3ncc(Sc4ccnc5c4CCC5)c4nccn34)CC2)[C@@H]1NC(=O)OC(C)(C)C.C[C@@H]1OCC2(CCN(c3ncc([S-])c4nccn34)CC2)[C@@H]1NC(=O)OC(C)(C)C.Clc1ccnc2c1CCC2.N=N/N=N/N=N/N=N/N=N/N=N/N=N/N=N/N.O=CC(F)(F)F.[2H]CF.[Na+]. The van der Waals surface area contributed by atoms with Gasteiger partial charge in [-0.15, -0.1) is 4.90 Å². The van der Waals surface area contributed by atoms with Crippen LogP contribution in [0.2, 0.25) is 5.02 Å².